The smallest absolute Gasteiger partial charge is 0.259 e. The number of benzene rings is 2. The number of nitrogens with zero attached hydrogens (tertiary/aromatic N) is 3. The van der Waals surface area contributed by atoms with Gasteiger partial charge in [-0.05, 0) is 43.7 Å². The van der Waals surface area contributed by atoms with Crippen LogP contribution in [0.4, 0.5) is 5.69 Å². The van der Waals surface area contributed by atoms with Gasteiger partial charge in [0, 0.05) is 28.5 Å². The second-order valence-corrected chi connectivity index (χ2v) is 7.08. The molecule has 0 saturated heterocycles. The van der Waals surface area contributed by atoms with E-state index in [-0.39, 0.29) is 5.91 Å². The van der Waals surface area contributed by atoms with Crippen molar-refractivity contribution in [2.45, 2.75) is 13.8 Å². The van der Waals surface area contributed by atoms with Gasteiger partial charge in [-0.15, -0.1) is 0 Å². The fourth-order valence-electron chi connectivity index (χ4n) is 3.28. The van der Waals surface area contributed by atoms with Crippen LogP contribution in [-0.4, -0.2) is 27.6 Å². The number of methoxy groups -OCH3 is 1. The molecule has 4 rings (SSSR count). The fourth-order valence-corrected chi connectivity index (χ4v) is 3.40. The molecule has 0 saturated carbocycles. The first-order valence-corrected chi connectivity index (χ1v) is 9.42. The van der Waals surface area contributed by atoms with E-state index in [9.17, 15) is 4.79 Å². The van der Waals surface area contributed by atoms with Crippen molar-refractivity contribution < 1.29 is 9.53 Å². The minimum Gasteiger partial charge on any atom is -0.497 e. The van der Waals surface area contributed by atoms with Crippen molar-refractivity contribution in [3.05, 3.63) is 76.7 Å². The van der Waals surface area contributed by atoms with Crippen molar-refractivity contribution in [1.82, 2.24) is 14.6 Å². The quantitative estimate of drug-likeness (QED) is 0.522. The van der Waals surface area contributed by atoms with Crippen LogP contribution < -0.4 is 10.1 Å². The highest BCUT2D eigenvalue weighted by Crippen LogP contribution is 2.29. The second-order valence-electron chi connectivity index (χ2n) is 6.65. The minimum absolute atomic E-state index is 0.258. The van der Waals surface area contributed by atoms with Crippen molar-refractivity contribution >= 4 is 28.8 Å². The topological polar surface area (TPSA) is 68.5 Å². The number of carbonyl (C=O) groups excluding carboxylic acids is 1. The summed E-state index contributed by atoms with van der Waals surface area (Å²) in [5.74, 6) is 0.412. The van der Waals surface area contributed by atoms with Crippen LogP contribution in [0.2, 0.25) is 5.02 Å². The molecular formula is C22H19ClN4O2. The summed E-state index contributed by atoms with van der Waals surface area (Å²) < 4.78 is 6.91. The zero-order valence-electron chi connectivity index (χ0n) is 16.2. The molecular weight excluding hydrogens is 388 g/mol. The van der Waals surface area contributed by atoms with Crippen LogP contribution in [0.15, 0.2) is 54.7 Å². The Morgan fingerprint density at radius 3 is 2.62 bits per heavy atom. The summed E-state index contributed by atoms with van der Waals surface area (Å²) in [5, 5.41) is 8.16. The zero-order valence-corrected chi connectivity index (χ0v) is 17.0. The Balaban J connectivity index is 1.73. The van der Waals surface area contributed by atoms with E-state index < -0.39 is 0 Å². The summed E-state index contributed by atoms with van der Waals surface area (Å²) in [6.45, 7) is 3.78. The zero-order chi connectivity index (χ0) is 20.5. The van der Waals surface area contributed by atoms with E-state index in [1.807, 2.05) is 50.2 Å². The maximum absolute atomic E-state index is 12.8. The number of anilines is 1. The third kappa shape index (κ3) is 3.54. The number of ether oxygens (including phenoxy) is 1. The summed E-state index contributed by atoms with van der Waals surface area (Å²) in [6.07, 6.45) is 1.58. The molecule has 0 fully saturated rings. The monoisotopic (exact) mass is 406 g/mol. The van der Waals surface area contributed by atoms with Gasteiger partial charge in [0.05, 0.1) is 24.1 Å². The SMILES string of the molecule is COc1cccc(NC(=O)c2cnc3c(-c4ccc(Cl)cc4)c(C)nn3c2C)c1. The Kier molecular flexibility index (Phi) is 4.94. The molecule has 146 valence electrons. The number of fused-ring (bicyclic) bond motifs is 1. The minimum atomic E-state index is -0.258. The van der Waals surface area contributed by atoms with Crippen molar-refractivity contribution in [1.29, 1.82) is 0 Å². The highest BCUT2D eigenvalue weighted by Gasteiger charge is 2.19. The van der Waals surface area contributed by atoms with Crippen molar-refractivity contribution in [3.63, 3.8) is 0 Å². The maximum atomic E-state index is 12.8. The van der Waals surface area contributed by atoms with Crippen LogP contribution in [0.1, 0.15) is 21.7 Å². The lowest BCUT2D eigenvalue weighted by Gasteiger charge is -2.10. The molecule has 0 unspecified atom stereocenters. The molecule has 7 heteroatoms. The number of nitrogens with one attached hydrogen (secondary N) is 1. The number of halogens is 1. The first-order chi connectivity index (χ1) is 14.0. The molecule has 0 radical (unpaired) electrons. The molecule has 2 heterocycles. The van der Waals surface area contributed by atoms with Gasteiger partial charge in [0.1, 0.15) is 5.75 Å². The molecule has 0 aliphatic carbocycles. The molecule has 1 N–H and O–H groups in total. The summed E-state index contributed by atoms with van der Waals surface area (Å²) in [7, 11) is 1.58. The van der Waals surface area contributed by atoms with E-state index in [0.29, 0.717) is 33.4 Å². The molecule has 0 atom stereocenters. The lowest BCUT2D eigenvalue weighted by Crippen LogP contribution is -2.16. The summed E-state index contributed by atoms with van der Waals surface area (Å²) >= 11 is 6.01. The van der Waals surface area contributed by atoms with Gasteiger partial charge in [-0.1, -0.05) is 29.8 Å². The van der Waals surface area contributed by atoms with Gasteiger partial charge >= 0.3 is 0 Å². The molecule has 0 aliphatic rings. The van der Waals surface area contributed by atoms with Gasteiger partial charge in [0.2, 0.25) is 0 Å². The van der Waals surface area contributed by atoms with E-state index in [1.165, 1.54) is 0 Å². The van der Waals surface area contributed by atoms with Crippen molar-refractivity contribution in [2.75, 3.05) is 12.4 Å². The Labute approximate surface area is 173 Å². The maximum Gasteiger partial charge on any atom is 0.259 e. The number of aromatic nitrogens is 3. The van der Waals surface area contributed by atoms with Crippen LogP contribution in [0, 0.1) is 13.8 Å². The van der Waals surface area contributed by atoms with Crippen molar-refractivity contribution in [2.24, 2.45) is 0 Å². The van der Waals surface area contributed by atoms with E-state index in [4.69, 9.17) is 16.3 Å². The van der Waals surface area contributed by atoms with Gasteiger partial charge in [0.15, 0.2) is 5.65 Å². The first kappa shape index (κ1) is 19.0. The fraction of sp³-hybridized carbons (Fsp3) is 0.136. The van der Waals surface area contributed by atoms with Gasteiger partial charge in [-0.3, -0.25) is 4.79 Å². The Bertz CT molecular complexity index is 1220. The molecule has 29 heavy (non-hydrogen) atoms. The highest BCUT2D eigenvalue weighted by atomic mass is 35.5. The van der Waals surface area contributed by atoms with E-state index in [2.05, 4.69) is 15.4 Å². The van der Waals surface area contributed by atoms with Gasteiger partial charge in [-0.25, -0.2) is 9.50 Å². The molecule has 0 bridgehead atoms. The second kappa shape index (κ2) is 7.56. The first-order valence-electron chi connectivity index (χ1n) is 9.04. The van der Waals surface area contributed by atoms with E-state index >= 15 is 0 Å². The molecule has 1 amide bonds. The summed E-state index contributed by atoms with van der Waals surface area (Å²) in [6, 6.07) is 14.7. The summed E-state index contributed by atoms with van der Waals surface area (Å²) in [4.78, 5) is 17.4. The Morgan fingerprint density at radius 2 is 1.90 bits per heavy atom. The molecule has 6 nitrogen and oxygen atoms in total. The number of carbonyl (C=O) groups is 1. The Morgan fingerprint density at radius 1 is 1.14 bits per heavy atom. The predicted octanol–water partition coefficient (Wildman–Crippen LogP) is 4.93. The van der Waals surface area contributed by atoms with E-state index in [1.54, 1.807) is 30.0 Å². The molecule has 0 aliphatic heterocycles. The molecule has 4 aromatic rings. The standard InChI is InChI=1S/C22H19ClN4O2/c1-13-20(15-7-9-16(23)10-8-15)21-24-12-19(14(2)27(21)26-13)22(28)25-17-5-4-6-18(11-17)29-3/h4-12H,1-3H3,(H,25,28). The lowest BCUT2D eigenvalue weighted by molar-refractivity contribution is 0.102. The van der Waals surface area contributed by atoms with Crippen molar-refractivity contribution in [3.8, 4) is 16.9 Å². The highest BCUT2D eigenvalue weighted by molar-refractivity contribution is 6.30. The van der Waals surface area contributed by atoms with Gasteiger partial charge in [-0.2, -0.15) is 5.10 Å². The third-order valence-electron chi connectivity index (χ3n) is 4.76. The molecule has 2 aromatic carbocycles. The molecule has 0 spiro atoms. The molecule has 2 aromatic heterocycles. The number of amides is 1. The van der Waals surface area contributed by atoms with Crippen LogP contribution in [0.5, 0.6) is 5.75 Å². The van der Waals surface area contributed by atoms with Crippen LogP contribution in [0.25, 0.3) is 16.8 Å². The number of aryl methyl sites for hydroxylation is 2. The van der Waals surface area contributed by atoms with Gasteiger partial charge in [0.25, 0.3) is 5.91 Å². The van der Waals surface area contributed by atoms with Gasteiger partial charge < -0.3 is 10.1 Å². The van der Waals surface area contributed by atoms with E-state index in [0.717, 1.165) is 16.8 Å². The number of rotatable bonds is 4. The third-order valence-corrected chi connectivity index (χ3v) is 5.02. The van der Waals surface area contributed by atoms with Crippen LogP contribution in [-0.2, 0) is 0 Å². The average Bonchev–Trinajstić information content (AvgIpc) is 3.06. The van der Waals surface area contributed by atoms with Crippen LogP contribution >= 0.6 is 11.6 Å². The number of hydrogen-bond donors (Lipinski definition) is 1. The predicted molar refractivity (Wildman–Crippen MR) is 114 cm³/mol. The summed E-state index contributed by atoms with van der Waals surface area (Å²) in [5.41, 5.74) is 5.22. The number of hydrogen-bond acceptors (Lipinski definition) is 4. The van der Waals surface area contributed by atoms with Crippen LogP contribution in [0.3, 0.4) is 0 Å². The lowest BCUT2D eigenvalue weighted by atomic mass is 10.1. The largest absolute Gasteiger partial charge is 0.497 e. The average molecular weight is 407 g/mol. The Hall–Kier alpha value is -3.38. The normalized spacial score (nSPS) is 10.9.